The Balaban J connectivity index is 1.80. The molecule has 0 aromatic heterocycles. The van der Waals surface area contributed by atoms with Crippen LogP contribution in [-0.4, -0.2) is 22.3 Å². The smallest absolute Gasteiger partial charge is 0.412 e. The zero-order valence-corrected chi connectivity index (χ0v) is 17.2. The Morgan fingerprint density at radius 2 is 1.78 bits per heavy atom. The first-order valence-electron chi connectivity index (χ1n) is 10.1. The van der Waals surface area contributed by atoms with Crippen LogP contribution < -0.4 is 5.32 Å². The van der Waals surface area contributed by atoms with Gasteiger partial charge in [0.15, 0.2) is 0 Å². The molecule has 0 bridgehead atoms. The van der Waals surface area contributed by atoms with Crippen molar-refractivity contribution in [1.29, 1.82) is 5.26 Å². The molecule has 0 aliphatic heterocycles. The van der Waals surface area contributed by atoms with Gasteiger partial charge in [0, 0.05) is 22.7 Å². The lowest BCUT2D eigenvalue weighted by Gasteiger charge is -2.20. The molecule has 0 aliphatic rings. The van der Waals surface area contributed by atoms with Crippen molar-refractivity contribution >= 4 is 28.5 Å². The van der Waals surface area contributed by atoms with Crippen LogP contribution in [0.1, 0.15) is 36.5 Å². The number of carbonyl (C=O) groups excluding carboxylic acids is 1. The van der Waals surface area contributed by atoms with Gasteiger partial charge in [-0.1, -0.05) is 36.4 Å². The molecule has 0 unspecified atom stereocenters. The highest BCUT2D eigenvalue weighted by Crippen LogP contribution is 2.34. The molecule has 32 heavy (non-hydrogen) atoms. The van der Waals surface area contributed by atoms with E-state index in [0.29, 0.717) is 35.9 Å². The number of aromatic hydroxyl groups is 1. The van der Waals surface area contributed by atoms with Gasteiger partial charge in [0.1, 0.15) is 11.9 Å². The van der Waals surface area contributed by atoms with E-state index in [4.69, 9.17) is 15.1 Å². The number of phenols is 1. The average Bonchev–Trinajstić information content (AvgIpc) is 2.79. The molecule has 7 nitrogen and oxygen atoms in total. The quantitative estimate of drug-likeness (QED) is 0.320. The molecule has 0 saturated heterocycles. The first-order valence-corrected chi connectivity index (χ1v) is 10.1. The van der Waals surface area contributed by atoms with Crippen molar-refractivity contribution in [1.82, 2.24) is 0 Å². The van der Waals surface area contributed by atoms with E-state index in [1.165, 1.54) is 0 Å². The standard InChI is InChI=1S/C25H22N2O5/c26-16-17-10-12-18(13-11-17)27-25(31)32-23(8-2-1-3-9-24(29)30)21-14-15-22(28)20-7-5-4-6-19(20)21/h3-7,9-15,23,28H,1-2,8H2,(H,27,31)(H,29,30)/b9-3+/t23-/m1/s1. The van der Waals surface area contributed by atoms with Gasteiger partial charge in [-0.05, 0) is 55.0 Å². The highest BCUT2D eigenvalue weighted by molar-refractivity contribution is 5.91. The lowest BCUT2D eigenvalue weighted by atomic mass is 9.96. The van der Waals surface area contributed by atoms with Crippen LogP contribution in [-0.2, 0) is 9.53 Å². The zero-order valence-electron chi connectivity index (χ0n) is 17.2. The lowest BCUT2D eigenvalue weighted by Crippen LogP contribution is -2.18. The summed E-state index contributed by atoms with van der Waals surface area (Å²) in [6, 6.07) is 19.0. The summed E-state index contributed by atoms with van der Waals surface area (Å²) in [6.07, 6.45) is 2.94. The third-order valence-corrected chi connectivity index (χ3v) is 4.89. The molecule has 3 rings (SSSR count). The van der Waals surface area contributed by atoms with E-state index >= 15 is 0 Å². The number of carboxylic acids is 1. The molecule has 0 radical (unpaired) electrons. The third kappa shape index (κ3) is 5.86. The van der Waals surface area contributed by atoms with Crippen molar-refractivity contribution in [3.8, 4) is 11.8 Å². The molecule has 1 atom stereocenters. The van der Waals surface area contributed by atoms with Gasteiger partial charge < -0.3 is 14.9 Å². The van der Waals surface area contributed by atoms with Gasteiger partial charge >= 0.3 is 12.1 Å². The van der Waals surface area contributed by atoms with Crippen molar-refractivity contribution in [3.05, 3.63) is 83.9 Å². The number of hydrogen-bond acceptors (Lipinski definition) is 5. The van der Waals surface area contributed by atoms with E-state index in [-0.39, 0.29) is 5.75 Å². The molecule has 0 spiro atoms. The third-order valence-electron chi connectivity index (χ3n) is 4.89. The second-order valence-electron chi connectivity index (χ2n) is 7.10. The SMILES string of the molecule is N#Cc1ccc(NC(=O)O[C@H](CCC/C=C/C(=O)O)c2ccc(O)c3ccccc23)cc1. The fourth-order valence-electron chi connectivity index (χ4n) is 3.38. The average molecular weight is 430 g/mol. The fourth-order valence-corrected chi connectivity index (χ4v) is 3.38. The summed E-state index contributed by atoms with van der Waals surface area (Å²) in [5.74, 6) is -0.876. The van der Waals surface area contributed by atoms with E-state index in [0.717, 1.165) is 17.0 Å². The Morgan fingerprint density at radius 3 is 2.47 bits per heavy atom. The number of rotatable bonds is 8. The van der Waals surface area contributed by atoms with E-state index in [1.54, 1.807) is 48.5 Å². The molecule has 3 N–H and O–H groups in total. The maximum Gasteiger partial charge on any atom is 0.412 e. The predicted octanol–water partition coefficient (Wildman–Crippen LogP) is 5.52. The molecule has 7 heteroatoms. The van der Waals surface area contributed by atoms with Crippen LogP contribution in [0.2, 0.25) is 0 Å². The molecular weight excluding hydrogens is 408 g/mol. The van der Waals surface area contributed by atoms with Gasteiger partial charge in [0.25, 0.3) is 0 Å². The largest absolute Gasteiger partial charge is 0.507 e. The minimum Gasteiger partial charge on any atom is -0.507 e. The van der Waals surface area contributed by atoms with Crippen molar-refractivity contribution in [2.75, 3.05) is 5.32 Å². The minimum absolute atomic E-state index is 0.134. The van der Waals surface area contributed by atoms with Crippen molar-refractivity contribution < 1.29 is 24.5 Å². The molecule has 162 valence electrons. The summed E-state index contributed by atoms with van der Waals surface area (Å²) in [6.45, 7) is 0. The number of aliphatic carboxylic acids is 1. The number of benzene rings is 3. The number of fused-ring (bicyclic) bond motifs is 1. The number of nitriles is 1. The highest BCUT2D eigenvalue weighted by Gasteiger charge is 2.20. The second kappa shape index (κ2) is 10.6. The second-order valence-corrected chi connectivity index (χ2v) is 7.10. The molecule has 0 heterocycles. The van der Waals surface area contributed by atoms with E-state index in [9.17, 15) is 14.7 Å². The minimum atomic E-state index is -1.01. The summed E-state index contributed by atoms with van der Waals surface area (Å²) in [4.78, 5) is 23.2. The zero-order chi connectivity index (χ0) is 22.9. The molecule has 0 aliphatic carbocycles. The number of carboxylic acid groups (broad SMARTS) is 1. The number of anilines is 1. The van der Waals surface area contributed by atoms with Gasteiger partial charge in [-0.2, -0.15) is 5.26 Å². The molecule has 3 aromatic rings. The van der Waals surface area contributed by atoms with Crippen LogP contribution in [0.15, 0.2) is 72.8 Å². The first-order chi connectivity index (χ1) is 15.5. The number of ether oxygens (including phenoxy) is 1. The van der Waals surface area contributed by atoms with Crippen LogP contribution >= 0.6 is 0 Å². The van der Waals surface area contributed by atoms with Crippen molar-refractivity contribution in [2.24, 2.45) is 0 Å². The summed E-state index contributed by atoms with van der Waals surface area (Å²) in [5, 5.41) is 31.9. The molecular formula is C25H22N2O5. The van der Waals surface area contributed by atoms with E-state index in [1.807, 2.05) is 24.3 Å². The van der Waals surface area contributed by atoms with Crippen molar-refractivity contribution in [3.63, 3.8) is 0 Å². The lowest BCUT2D eigenvalue weighted by molar-refractivity contribution is -0.131. The first kappa shape index (κ1) is 22.4. The number of carbonyl (C=O) groups is 2. The Morgan fingerprint density at radius 1 is 1.06 bits per heavy atom. The summed E-state index contributed by atoms with van der Waals surface area (Å²) < 4.78 is 5.74. The molecule has 1 amide bonds. The van der Waals surface area contributed by atoms with Crippen LogP contribution in [0.4, 0.5) is 10.5 Å². The monoisotopic (exact) mass is 430 g/mol. The Labute approximate surface area is 185 Å². The summed E-state index contributed by atoms with van der Waals surface area (Å²) in [7, 11) is 0. The van der Waals surface area contributed by atoms with Gasteiger partial charge in [0.05, 0.1) is 11.6 Å². The number of amides is 1. The topological polar surface area (TPSA) is 120 Å². The summed E-state index contributed by atoms with van der Waals surface area (Å²) >= 11 is 0. The fraction of sp³-hybridized carbons (Fsp3) is 0.160. The van der Waals surface area contributed by atoms with Crippen molar-refractivity contribution in [2.45, 2.75) is 25.4 Å². The number of nitrogens with one attached hydrogen (secondary N) is 1. The number of hydrogen-bond donors (Lipinski definition) is 3. The Hall–Kier alpha value is -4.31. The maximum absolute atomic E-state index is 12.6. The molecule has 3 aromatic carbocycles. The summed E-state index contributed by atoms with van der Waals surface area (Å²) in [5.41, 5.74) is 1.72. The Bertz CT molecular complexity index is 1180. The van der Waals surface area contributed by atoms with Gasteiger partial charge in [0.2, 0.25) is 0 Å². The van der Waals surface area contributed by atoms with Gasteiger partial charge in [-0.3, -0.25) is 5.32 Å². The van der Waals surface area contributed by atoms with Crippen LogP contribution in [0.25, 0.3) is 10.8 Å². The number of allylic oxidation sites excluding steroid dienone is 1. The normalized spacial score (nSPS) is 11.7. The van der Waals surface area contributed by atoms with E-state index < -0.39 is 18.2 Å². The predicted molar refractivity (Wildman–Crippen MR) is 120 cm³/mol. The maximum atomic E-state index is 12.6. The number of unbranched alkanes of at least 4 members (excludes halogenated alkanes) is 1. The Kier molecular flexibility index (Phi) is 7.44. The van der Waals surface area contributed by atoms with Gasteiger partial charge in [-0.15, -0.1) is 0 Å². The molecule has 0 saturated carbocycles. The van der Waals surface area contributed by atoms with Crippen LogP contribution in [0.5, 0.6) is 5.75 Å². The number of phenolic OH excluding ortho intramolecular Hbond substituents is 1. The van der Waals surface area contributed by atoms with E-state index in [2.05, 4.69) is 5.32 Å². The molecule has 0 fully saturated rings. The van der Waals surface area contributed by atoms with Crippen LogP contribution in [0, 0.1) is 11.3 Å². The van der Waals surface area contributed by atoms with Gasteiger partial charge in [-0.25, -0.2) is 9.59 Å². The number of nitrogens with zero attached hydrogens (tertiary/aromatic N) is 1. The highest BCUT2D eigenvalue weighted by atomic mass is 16.6. The van der Waals surface area contributed by atoms with Crippen LogP contribution in [0.3, 0.4) is 0 Å².